The third-order valence-electron chi connectivity index (χ3n) is 6.42. The molecular weight excluding hydrogens is 234 g/mol. The van der Waals surface area contributed by atoms with Crippen LogP contribution in [0.25, 0.3) is 0 Å². The van der Waals surface area contributed by atoms with Crippen molar-refractivity contribution in [3.63, 3.8) is 0 Å². The third-order valence-corrected chi connectivity index (χ3v) is 6.42. The summed E-state index contributed by atoms with van der Waals surface area (Å²) in [5.74, 6) is 1.89. The van der Waals surface area contributed by atoms with Gasteiger partial charge in [-0.25, -0.2) is 0 Å². The highest BCUT2D eigenvalue weighted by Gasteiger charge is 2.54. The van der Waals surface area contributed by atoms with Gasteiger partial charge in [-0.15, -0.1) is 0 Å². The van der Waals surface area contributed by atoms with Crippen molar-refractivity contribution in [2.45, 2.75) is 57.5 Å². The van der Waals surface area contributed by atoms with Crippen LogP contribution in [-0.4, -0.2) is 54.1 Å². The molecule has 2 bridgehead atoms. The number of rotatable bonds is 5. The Bertz CT molecular complexity index is 315. The van der Waals surface area contributed by atoms with Crippen LogP contribution >= 0.6 is 0 Å². The molecule has 1 saturated heterocycles. The second-order valence-corrected chi connectivity index (χ2v) is 7.00. The van der Waals surface area contributed by atoms with Gasteiger partial charge in [0, 0.05) is 31.2 Å². The quantitative estimate of drug-likeness (QED) is 0.824. The van der Waals surface area contributed by atoms with E-state index >= 15 is 0 Å². The number of hydrogen-bond acceptors (Lipinski definition) is 3. The van der Waals surface area contributed by atoms with E-state index in [1.807, 2.05) is 0 Å². The Labute approximate surface area is 118 Å². The minimum atomic E-state index is 0.380. The molecular formula is C16H31N3. The van der Waals surface area contributed by atoms with Crippen LogP contribution in [0.1, 0.15) is 46.0 Å². The number of nitrogens with zero attached hydrogens (tertiary/aromatic N) is 2. The van der Waals surface area contributed by atoms with E-state index in [9.17, 15) is 0 Å². The van der Waals surface area contributed by atoms with Gasteiger partial charge < -0.3 is 5.73 Å². The minimum Gasteiger partial charge on any atom is -0.329 e. The van der Waals surface area contributed by atoms with Gasteiger partial charge in [-0.3, -0.25) is 9.80 Å². The SMILES string of the molecule is CCN(CC)C1CCN(C2(CN)CC3CCC2C3)C1. The van der Waals surface area contributed by atoms with Crippen molar-refractivity contribution in [2.75, 3.05) is 32.7 Å². The molecule has 4 unspecified atom stereocenters. The van der Waals surface area contributed by atoms with Crippen LogP contribution in [-0.2, 0) is 0 Å². The number of fused-ring (bicyclic) bond motifs is 2. The number of likely N-dealkylation sites (tertiary alicyclic amines) is 1. The number of likely N-dealkylation sites (N-methyl/N-ethyl adjacent to an activating group) is 1. The predicted molar refractivity (Wildman–Crippen MR) is 80.1 cm³/mol. The van der Waals surface area contributed by atoms with E-state index in [0.717, 1.165) is 24.4 Å². The van der Waals surface area contributed by atoms with E-state index in [0.29, 0.717) is 5.54 Å². The van der Waals surface area contributed by atoms with Crippen LogP contribution in [0.4, 0.5) is 0 Å². The first kappa shape index (κ1) is 13.8. The van der Waals surface area contributed by atoms with Crippen molar-refractivity contribution >= 4 is 0 Å². The maximum Gasteiger partial charge on any atom is 0.0363 e. The van der Waals surface area contributed by atoms with Gasteiger partial charge in [0.05, 0.1) is 0 Å². The fraction of sp³-hybridized carbons (Fsp3) is 1.00. The van der Waals surface area contributed by atoms with Crippen molar-refractivity contribution in [1.29, 1.82) is 0 Å². The predicted octanol–water partition coefficient (Wildman–Crippen LogP) is 1.92. The van der Waals surface area contributed by atoms with Gasteiger partial charge in [0.25, 0.3) is 0 Å². The van der Waals surface area contributed by atoms with Crippen LogP contribution in [0.5, 0.6) is 0 Å². The second-order valence-electron chi connectivity index (χ2n) is 7.00. The average Bonchev–Trinajstić information content (AvgIpc) is 3.15. The van der Waals surface area contributed by atoms with Crippen molar-refractivity contribution in [2.24, 2.45) is 17.6 Å². The number of hydrogen-bond donors (Lipinski definition) is 1. The first-order valence-electron chi connectivity index (χ1n) is 8.42. The average molecular weight is 265 g/mol. The van der Waals surface area contributed by atoms with E-state index in [-0.39, 0.29) is 0 Å². The molecule has 3 heteroatoms. The molecule has 3 fully saturated rings. The molecule has 2 N–H and O–H groups in total. The zero-order chi connectivity index (χ0) is 13.5. The maximum absolute atomic E-state index is 6.27. The van der Waals surface area contributed by atoms with Crippen LogP contribution in [0.15, 0.2) is 0 Å². The lowest BCUT2D eigenvalue weighted by atomic mass is 9.79. The summed E-state index contributed by atoms with van der Waals surface area (Å²) in [6.07, 6.45) is 7.11. The molecule has 110 valence electrons. The lowest BCUT2D eigenvalue weighted by Crippen LogP contribution is -2.57. The molecule has 0 spiro atoms. The minimum absolute atomic E-state index is 0.380. The lowest BCUT2D eigenvalue weighted by Gasteiger charge is -2.45. The zero-order valence-electron chi connectivity index (χ0n) is 12.8. The Balaban J connectivity index is 1.69. The van der Waals surface area contributed by atoms with Gasteiger partial charge in [-0.2, -0.15) is 0 Å². The van der Waals surface area contributed by atoms with Crippen molar-refractivity contribution in [1.82, 2.24) is 9.80 Å². The fourth-order valence-corrected chi connectivity index (χ4v) is 5.37. The largest absolute Gasteiger partial charge is 0.329 e. The molecule has 0 amide bonds. The fourth-order valence-electron chi connectivity index (χ4n) is 5.37. The van der Waals surface area contributed by atoms with Crippen molar-refractivity contribution in [3.05, 3.63) is 0 Å². The summed E-state index contributed by atoms with van der Waals surface area (Å²) >= 11 is 0. The first-order valence-corrected chi connectivity index (χ1v) is 8.42. The molecule has 3 nitrogen and oxygen atoms in total. The molecule has 19 heavy (non-hydrogen) atoms. The van der Waals surface area contributed by atoms with Gasteiger partial charge in [0.2, 0.25) is 0 Å². The standard InChI is InChI=1S/C16H31N3/c1-3-18(4-2)15-7-8-19(11-15)16(12-17)10-13-5-6-14(16)9-13/h13-15H,3-12,17H2,1-2H3. The summed E-state index contributed by atoms with van der Waals surface area (Å²) in [5.41, 5.74) is 6.65. The summed E-state index contributed by atoms with van der Waals surface area (Å²) in [6.45, 7) is 10.4. The molecule has 4 atom stereocenters. The van der Waals surface area contributed by atoms with Crippen LogP contribution in [0.3, 0.4) is 0 Å². The van der Waals surface area contributed by atoms with Crippen molar-refractivity contribution in [3.8, 4) is 0 Å². The monoisotopic (exact) mass is 265 g/mol. The summed E-state index contributed by atoms with van der Waals surface area (Å²) in [4.78, 5) is 5.43. The highest BCUT2D eigenvalue weighted by Crippen LogP contribution is 2.53. The van der Waals surface area contributed by atoms with E-state index in [2.05, 4.69) is 23.6 Å². The molecule has 0 radical (unpaired) electrons. The van der Waals surface area contributed by atoms with Crippen LogP contribution in [0.2, 0.25) is 0 Å². The normalized spacial score (nSPS) is 42.6. The Hall–Kier alpha value is -0.120. The van der Waals surface area contributed by atoms with E-state index in [4.69, 9.17) is 5.73 Å². The smallest absolute Gasteiger partial charge is 0.0363 e. The van der Waals surface area contributed by atoms with Crippen LogP contribution in [0, 0.1) is 11.8 Å². The van der Waals surface area contributed by atoms with Gasteiger partial charge >= 0.3 is 0 Å². The molecule has 2 aliphatic carbocycles. The summed E-state index contributed by atoms with van der Waals surface area (Å²) in [7, 11) is 0. The van der Waals surface area contributed by atoms with E-state index < -0.39 is 0 Å². The molecule has 3 aliphatic rings. The van der Waals surface area contributed by atoms with Gasteiger partial charge in [0.1, 0.15) is 0 Å². The Morgan fingerprint density at radius 3 is 2.53 bits per heavy atom. The lowest BCUT2D eigenvalue weighted by molar-refractivity contribution is 0.0556. The third kappa shape index (κ3) is 2.14. The molecule has 1 aliphatic heterocycles. The molecule has 0 aromatic rings. The Morgan fingerprint density at radius 1 is 1.21 bits per heavy atom. The molecule has 0 aromatic heterocycles. The summed E-state index contributed by atoms with van der Waals surface area (Å²) < 4.78 is 0. The highest BCUT2D eigenvalue weighted by atomic mass is 15.3. The van der Waals surface area contributed by atoms with Gasteiger partial charge in [-0.05, 0) is 50.6 Å². The van der Waals surface area contributed by atoms with Crippen molar-refractivity contribution < 1.29 is 0 Å². The Morgan fingerprint density at radius 2 is 2.00 bits per heavy atom. The van der Waals surface area contributed by atoms with E-state index in [1.54, 1.807) is 0 Å². The van der Waals surface area contributed by atoms with E-state index in [1.165, 1.54) is 58.3 Å². The first-order chi connectivity index (χ1) is 9.23. The summed E-state index contributed by atoms with van der Waals surface area (Å²) in [6, 6.07) is 0.776. The van der Waals surface area contributed by atoms with Gasteiger partial charge in [-0.1, -0.05) is 20.3 Å². The zero-order valence-corrected chi connectivity index (χ0v) is 12.8. The molecule has 2 saturated carbocycles. The summed E-state index contributed by atoms with van der Waals surface area (Å²) in [5, 5.41) is 0. The Kier molecular flexibility index (Phi) is 3.89. The molecule has 0 aromatic carbocycles. The maximum atomic E-state index is 6.27. The number of nitrogens with two attached hydrogens (primary N) is 1. The highest BCUT2D eigenvalue weighted by molar-refractivity contribution is 5.10. The molecule has 3 rings (SSSR count). The van der Waals surface area contributed by atoms with Gasteiger partial charge in [0.15, 0.2) is 0 Å². The second kappa shape index (κ2) is 5.34. The topological polar surface area (TPSA) is 32.5 Å². The molecule has 1 heterocycles. The van der Waals surface area contributed by atoms with Crippen LogP contribution < -0.4 is 5.73 Å².